The molecule has 5 heteroatoms. The van der Waals surface area contributed by atoms with Crippen molar-refractivity contribution in [2.24, 2.45) is 10.7 Å². The number of aromatic nitrogens is 1. The van der Waals surface area contributed by atoms with Crippen molar-refractivity contribution in [3.8, 4) is 0 Å². The highest BCUT2D eigenvalue weighted by atomic mass is 15.2. The van der Waals surface area contributed by atoms with E-state index in [0.29, 0.717) is 12.0 Å². The molecule has 1 atom stereocenters. The Morgan fingerprint density at radius 2 is 2.25 bits per heavy atom. The molecule has 1 unspecified atom stereocenters. The van der Waals surface area contributed by atoms with Crippen molar-refractivity contribution >= 4 is 16.9 Å². The highest BCUT2D eigenvalue weighted by molar-refractivity contribution is 5.84. The second-order valence-corrected chi connectivity index (χ2v) is 6.60. The van der Waals surface area contributed by atoms with E-state index in [2.05, 4.69) is 58.3 Å². The number of nitrogens with zero attached hydrogens (tertiary/aromatic N) is 2. The van der Waals surface area contributed by atoms with Gasteiger partial charge < -0.3 is 16.0 Å². The van der Waals surface area contributed by atoms with Gasteiger partial charge in [0, 0.05) is 29.2 Å². The van der Waals surface area contributed by atoms with E-state index in [0.717, 1.165) is 26.1 Å². The third-order valence-electron chi connectivity index (χ3n) is 5.09. The van der Waals surface area contributed by atoms with Crippen molar-refractivity contribution in [3.63, 3.8) is 0 Å². The van der Waals surface area contributed by atoms with Gasteiger partial charge in [0.25, 0.3) is 0 Å². The number of para-hydroxylation sites is 1. The van der Waals surface area contributed by atoms with Crippen LogP contribution in [-0.2, 0) is 6.42 Å². The minimum atomic E-state index is 0.561. The largest absolute Gasteiger partial charge is 0.370 e. The van der Waals surface area contributed by atoms with E-state index in [1.54, 1.807) is 0 Å². The number of nitrogens with one attached hydrogen (secondary N) is 2. The lowest BCUT2D eigenvalue weighted by molar-refractivity contribution is 0.273. The van der Waals surface area contributed by atoms with E-state index in [1.807, 2.05) is 0 Å². The summed E-state index contributed by atoms with van der Waals surface area (Å²) in [7, 11) is 0. The molecule has 1 saturated heterocycles. The van der Waals surface area contributed by atoms with Crippen LogP contribution in [0.5, 0.6) is 0 Å². The molecule has 1 aromatic heterocycles. The number of fused-ring (bicyclic) bond motifs is 1. The first-order valence-corrected chi connectivity index (χ1v) is 9.03. The zero-order chi connectivity index (χ0) is 16.9. The van der Waals surface area contributed by atoms with Gasteiger partial charge in [0.15, 0.2) is 5.96 Å². The van der Waals surface area contributed by atoms with Crippen LogP contribution in [0.15, 0.2) is 29.3 Å². The van der Waals surface area contributed by atoms with E-state index in [-0.39, 0.29) is 0 Å². The Kier molecular flexibility index (Phi) is 5.41. The molecular formula is C19H29N5. The fourth-order valence-corrected chi connectivity index (χ4v) is 3.75. The van der Waals surface area contributed by atoms with Crippen LogP contribution in [0.1, 0.15) is 31.0 Å². The lowest BCUT2D eigenvalue weighted by Gasteiger charge is -2.20. The number of aliphatic imine (C=N–C) groups is 1. The minimum absolute atomic E-state index is 0.561. The summed E-state index contributed by atoms with van der Waals surface area (Å²) in [5, 5.41) is 4.57. The second-order valence-electron chi connectivity index (χ2n) is 6.60. The van der Waals surface area contributed by atoms with Crippen LogP contribution in [0.2, 0.25) is 0 Å². The summed E-state index contributed by atoms with van der Waals surface area (Å²) in [6.45, 7) is 8.26. The van der Waals surface area contributed by atoms with Crippen molar-refractivity contribution in [1.82, 2.24) is 15.2 Å². The molecule has 0 saturated carbocycles. The molecule has 0 aliphatic carbocycles. The Bertz CT molecular complexity index is 703. The first kappa shape index (κ1) is 16.8. The SMILES string of the molecule is CCN1CCCC1CN=C(N)NCCc1c(C)[nH]c2ccccc12. The van der Waals surface area contributed by atoms with E-state index in [9.17, 15) is 0 Å². The molecule has 1 aromatic carbocycles. The average Bonchev–Trinajstić information content (AvgIpc) is 3.17. The van der Waals surface area contributed by atoms with Crippen LogP contribution in [0.3, 0.4) is 0 Å². The van der Waals surface area contributed by atoms with Gasteiger partial charge in [0.1, 0.15) is 0 Å². The summed E-state index contributed by atoms with van der Waals surface area (Å²) >= 11 is 0. The van der Waals surface area contributed by atoms with E-state index >= 15 is 0 Å². The van der Waals surface area contributed by atoms with Gasteiger partial charge in [0.2, 0.25) is 0 Å². The van der Waals surface area contributed by atoms with Gasteiger partial charge in [0.05, 0.1) is 6.54 Å². The fraction of sp³-hybridized carbons (Fsp3) is 0.526. The molecule has 1 aliphatic rings. The normalized spacial score (nSPS) is 19.2. The Balaban J connectivity index is 1.52. The lowest BCUT2D eigenvalue weighted by atomic mass is 10.1. The Hall–Kier alpha value is -2.01. The minimum Gasteiger partial charge on any atom is -0.370 e. The number of guanidine groups is 1. The predicted molar refractivity (Wildman–Crippen MR) is 102 cm³/mol. The molecule has 2 aromatic rings. The number of aryl methyl sites for hydroxylation is 1. The summed E-state index contributed by atoms with van der Waals surface area (Å²) in [5.41, 5.74) is 9.84. The van der Waals surface area contributed by atoms with Gasteiger partial charge in [-0.2, -0.15) is 0 Å². The van der Waals surface area contributed by atoms with Crippen LogP contribution in [-0.4, -0.2) is 48.1 Å². The van der Waals surface area contributed by atoms with Gasteiger partial charge in [-0.05, 0) is 50.9 Å². The number of hydrogen-bond donors (Lipinski definition) is 3. The summed E-state index contributed by atoms with van der Waals surface area (Å²) in [5.74, 6) is 0.565. The Morgan fingerprint density at radius 3 is 3.08 bits per heavy atom. The monoisotopic (exact) mass is 327 g/mol. The Labute approximate surface area is 144 Å². The van der Waals surface area contributed by atoms with Gasteiger partial charge in [-0.1, -0.05) is 25.1 Å². The van der Waals surface area contributed by atoms with Crippen LogP contribution >= 0.6 is 0 Å². The Morgan fingerprint density at radius 1 is 1.42 bits per heavy atom. The highest BCUT2D eigenvalue weighted by Crippen LogP contribution is 2.21. The summed E-state index contributed by atoms with van der Waals surface area (Å²) in [6, 6.07) is 9.00. The topological polar surface area (TPSA) is 69.4 Å². The highest BCUT2D eigenvalue weighted by Gasteiger charge is 2.22. The van der Waals surface area contributed by atoms with E-state index < -0.39 is 0 Å². The zero-order valence-corrected chi connectivity index (χ0v) is 14.8. The fourth-order valence-electron chi connectivity index (χ4n) is 3.75. The molecule has 0 bridgehead atoms. The smallest absolute Gasteiger partial charge is 0.188 e. The number of rotatable bonds is 6. The van der Waals surface area contributed by atoms with Crippen molar-refractivity contribution in [1.29, 1.82) is 0 Å². The van der Waals surface area contributed by atoms with Gasteiger partial charge in [-0.25, -0.2) is 0 Å². The maximum atomic E-state index is 6.04. The number of hydrogen-bond acceptors (Lipinski definition) is 2. The summed E-state index contributed by atoms with van der Waals surface area (Å²) in [4.78, 5) is 10.5. The third-order valence-corrected chi connectivity index (χ3v) is 5.09. The van der Waals surface area contributed by atoms with Crippen molar-refractivity contribution < 1.29 is 0 Å². The summed E-state index contributed by atoms with van der Waals surface area (Å²) in [6.07, 6.45) is 3.46. The maximum absolute atomic E-state index is 6.04. The van der Waals surface area contributed by atoms with E-state index in [1.165, 1.54) is 41.5 Å². The molecule has 130 valence electrons. The van der Waals surface area contributed by atoms with Crippen LogP contribution in [0.4, 0.5) is 0 Å². The van der Waals surface area contributed by atoms with Crippen LogP contribution < -0.4 is 11.1 Å². The third kappa shape index (κ3) is 3.73. The van der Waals surface area contributed by atoms with Gasteiger partial charge in [-0.3, -0.25) is 9.89 Å². The molecule has 24 heavy (non-hydrogen) atoms. The first-order valence-electron chi connectivity index (χ1n) is 9.03. The number of aromatic amines is 1. The second kappa shape index (κ2) is 7.71. The standard InChI is InChI=1S/C19H29N5/c1-3-24-12-6-7-15(24)13-22-19(20)21-11-10-16-14(2)23-18-9-5-4-8-17(16)18/h4-5,8-9,15,23H,3,6-7,10-13H2,1-2H3,(H3,20,21,22). The van der Waals surface area contributed by atoms with Crippen molar-refractivity contribution in [3.05, 3.63) is 35.5 Å². The summed E-state index contributed by atoms with van der Waals surface area (Å²) < 4.78 is 0. The van der Waals surface area contributed by atoms with Crippen LogP contribution in [0, 0.1) is 6.92 Å². The number of benzene rings is 1. The van der Waals surface area contributed by atoms with Gasteiger partial charge in [-0.15, -0.1) is 0 Å². The predicted octanol–water partition coefficient (Wildman–Crippen LogP) is 2.41. The molecular weight excluding hydrogens is 298 g/mol. The maximum Gasteiger partial charge on any atom is 0.188 e. The number of likely N-dealkylation sites (N-methyl/N-ethyl adjacent to an activating group) is 1. The molecule has 0 amide bonds. The molecule has 1 fully saturated rings. The quantitative estimate of drug-likeness (QED) is 0.564. The molecule has 1 aliphatic heterocycles. The molecule has 5 nitrogen and oxygen atoms in total. The van der Waals surface area contributed by atoms with Crippen LogP contribution in [0.25, 0.3) is 10.9 Å². The average molecular weight is 327 g/mol. The molecule has 0 spiro atoms. The number of H-pyrrole nitrogens is 1. The molecule has 4 N–H and O–H groups in total. The zero-order valence-electron chi connectivity index (χ0n) is 14.8. The molecule has 3 rings (SSSR count). The molecule has 0 radical (unpaired) electrons. The lowest BCUT2D eigenvalue weighted by Crippen LogP contribution is -2.36. The number of nitrogens with two attached hydrogens (primary N) is 1. The van der Waals surface area contributed by atoms with E-state index in [4.69, 9.17) is 5.73 Å². The van der Waals surface area contributed by atoms with Gasteiger partial charge >= 0.3 is 0 Å². The van der Waals surface area contributed by atoms with Crippen molar-refractivity contribution in [2.45, 2.75) is 39.2 Å². The number of likely N-dealkylation sites (tertiary alicyclic amines) is 1. The first-order chi connectivity index (χ1) is 11.7. The van der Waals surface area contributed by atoms with Crippen molar-refractivity contribution in [2.75, 3.05) is 26.2 Å². The molecule has 2 heterocycles.